The molecule has 1 fully saturated rings. The van der Waals surface area contributed by atoms with E-state index in [4.69, 9.17) is 14.6 Å². The normalized spacial score (nSPS) is 30.5. The summed E-state index contributed by atoms with van der Waals surface area (Å²) in [6, 6.07) is 5.49. The van der Waals surface area contributed by atoms with Crippen molar-refractivity contribution in [2.45, 2.75) is 56.9 Å². The van der Waals surface area contributed by atoms with Crippen molar-refractivity contribution in [2.75, 3.05) is 13.2 Å². The molecule has 24 heavy (non-hydrogen) atoms. The minimum atomic E-state index is -1.42. The van der Waals surface area contributed by atoms with Crippen LogP contribution < -0.4 is 0 Å². The van der Waals surface area contributed by atoms with Crippen LogP contribution in [0, 0.1) is 6.92 Å². The lowest BCUT2D eigenvalue weighted by molar-refractivity contribution is -0.301. The smallest absolute Gasteiger partial charge is 0.186 e. The minimum absolute atomic E-state index is 0.282. The molecule has 5 N–H and O–H groups in total. The highest BCUT2D eigenvalue weighted by Crippen LogP contribution is 2.22. The third-order valence-electron chi connectivity index (χ3n) is 4.25. The van der Waals surface area contributed by atoms with Gasteiger partial charge in [-0.1, -0.05) is 12.1 Å². The number of benzene rings is 1. The van der Waals surface area contributed by atoms with Crippen molar-refractivity contribution in [1.29, 1.82) is 0 Å². The molecule has 0 amide bonds. The van der Waals surface area contributed by atoms with Gasteiger partial charge in [-0.2, -0.15) is 0 Å². The molecule has 1 heterocycles. The van der Waals surface area contributed by atoms with Crippen LogP contribution in [-0.2, 0) is 15.9 Å². The van der Waals surface area contributed by atoms with Gasteiger partial charge < -0.3 is 35.0 Å². The fourth-order valence-corrected chi connectivity index (χ4v) is 2.71. The van der Waals surface area contributed by atoms with Crippen molar-refractivity contribution in [1.82, 2.24) is 0 Å². The topological polar surface area (TPSA) is 120 Å². The predicted octanol–water partition coefficient (Wildman–Crippen LogP) is -0.160. The Kier molecular flexibility index (Phi) is 6.97. The fraction of sp³-hybridized carbons (Fsp3) is 0.647. The molecule has 0 aromatic heterocycles. The van der Waals surface area contributed by atoms with Crippen molar-refractivity contribution in [2.24, 2.45) is 0 Å². The number of hydrogen-bond acceptors (Lipinski definition) is 7. The first-order chi connectivity index (χ1) is 11.4. The van der Waals surface area contributed by atoms with Crippen molar-refractivity contribution < 1.29 is 35.0 Å². The lowest BCUT2D eigenvalue weighted by Gasteiger charge is -2.39. The van der Waals surface area contributed by atoms with E-state index in [0.29, 0.717) is 6.61 Å². The van der Waals surface area contributed by atoms with Crippen molar-refractivity contribution in [3.05, 3.63) is 29.3 Å². The van der Waals surface area contributed by atoms with Gasteiger partial charge >= 0.3 is 0 Å². The van der Waals surface area contributed by atoms with Gasteiger partial charge in [-0.15, -0.1) is 0 Å². The molecule has 1 aliphatic heterocycles. The number of phenolic OH excluding ortho intramolecular Hbond substituents is 1. The number of rotatable bonds is 7. The fourth-order valence-electron chi connectivity index (χ4n) is 2.71. The molecule has 5 unspecified atom stereocenters. The van der Waals surface area contributed by atoms with E-state index in [1.807, 2.05) is 19.1 Å². The van der Waals surface area contributed by atoms with Gasteiger partial charge in [0, 0.05) is 6.61 Å². The second-order valence-corrected chi connectivity index (χ2v) is 6.15. The molecule has 2 rings (SSSR count). The van der Waals surface area contributed by atoms with Crippen LogP contribution in [0.3, 0.4) is 0 Å². The molecule has 1 aromatic rings. The summed E-state index contributed by atoms with van der Waals surface area (Å²) in [6.45, 7) is 1.70. The van der Waals surface area contributed by atoms with Gasteiger partial charge in [0.25, 0.3) is 0 Å². The van der Waals surface area contributed by atoms with Gasteiger partial charge in [-0.05, 0) is 43.4 Å². The molecule has 1 aliphatic rings. The Labute approximate surface area is 141 Å². The van der Waals surface area contributed by atoms with Crippen LogP contribution in [0.2, 0.25) is 0 Å². The number of unbranched alkanes of at least 4 members (excludes halogenated alkanes) is 1. The summed E-state index contributed by atoms with van der Waals surface area (Å²) in [4.78, 5) is 0. The highest BCUT2D eigenvalue weighted by molar-refractivity contribution is 5.34. The van der Waals surface area contributed by atoms with Gasteiger partial charge in [0.05, 0.1) is 6.61 Å². The van der Waals surface area contributed by atoms with Crippen molar-refractivity contribution in [3.63, 3.8) is 0 Å². The van der Waals surface area contributed by atoms with Crippen LogP contribution in [0.25, 0.3) is 0 Å². The highest BCUT2D eigenvalue weighted by atomic mass is 16.7. The van der Waals surface area contributed by atoms with Crippen LogP contribution in [0.1, 0.15) is 24.0 Å². The Morgan fingerprint density at radius 3 is 2.50 bits per heavy atom. The van der Waals surface area contributed by atoms with E-state index in [0.717, 1.165) is 30.4 Å². The maximum Gasteiger partial charge on any atom is 0.186 e. The van der Waals surface area contributed by atoms with E-state index in [-0.39, 0.29) is 5.75 Å². The van der Waals surface area contributed by atoms with E-state index in [1.165, 1.54) is 0 Å². The second-order valence-electron chi connectivity index (χ2n) is 6.15. The minimum Gasteiger partial charge on any atom is -0.508 e. The maximum atomic E-state index is 9.85. The van der Waals surface area contributed by atoms with Gasteiger partial charge in [0.1, 0.15) is 30.2 Å². The van der Waals surface area contributed by atoms with Gasteiger partial charge in [0.2, 0.25) is 0 Å². The highest BCUT2D eigenvalue weighted by Gasteiger charge is 2.43. The molecule has 1 saturated heterocycles. The molecule has 0 radical (unpaired) electrons. The predicted molar refractivity (Wildman–Crippen MR) is 85.5 cm³/mol. The largest absolute Gasteiger partial charge is 0.508 e. The van der Waals surface area contributed by atoms with Crippen LogP contribution in [0.5, 0.6) is 5.75 Å². The van der Waals surface area contributed by atoms with Gasteiger partial charge in [-0.25, -0.2) is 0 Å². The maximum absolute atomic E-state index is 9.85. The standard InChI is InChI=1S/C17H26O7/c1-10-8-11(5-6-12(10)19)4-2-3-7-23-17-16(22)15(21)14(20)13(9-18)24-17/h5-6,8,13-22H,2-4,7,9H2,1H3. The Morgan fingerprint density at radius 2 is 1.83 bits per heavy atom. The average molecular weight is 342 g/mol. The molecule has 0 spiro atoms. The van der Waals surface area contributed by atoms with E-state index < -0.39 is 37.3 Å². The zero-order chi connectivity index (χ0) is 17.7. The van der Waals surface area contributed by atoms with E-state index >= 15 is 0 Å². The first-order valence-electron chi connectivity index (χ1n) is 8.14. The second kappa shape index (κ2) is 8.75. The van der Waals surface area contributed by atoms with Crippen LogP contribution in [0.4, 0.5) is 0 Å². The number of aliphatic hydroxyl groups excluding tert-OH is 4. The number of aliphatic hydroxyl groups is 4. The summed E-state index contributed by atoms with van der Waals surface area (Å²) < 4.78 is 10.7. The summed E-state index contributed by atoms with van der Waals surface area (Å²) in [5.74, 6) is 0.282. The van der Waals surface area contributed by atoms with E-state index in [9.17, 15) is 20.4 Å². The Bertz CT molecular complexity index is 520. The summed E-state index contributed by atoms with van der Waals surface area (Å²) in [7, 11) is 0. The molecule has 0 saturated carbocycles. The van der Waals surface area contributed by atoms with Crippen molar-refractivity contribution in [3.8, 4) is 5.75 Å². The lowest BCUT2D eigenvalue weighted by atomic mass is 9.99. The lowest BCUT2D eigenvalue weighted by Crippen LogP contribution is -2.59. The molecular formula is C17H26O7. The summed E-state index contributed by atoms with van der Waals surface area (Å²) in [5.41, 5.74) is 1.96. The molecule has 1 aromatic carbocycles. The zero-order valence-electron chi connectivity index (χ0n) is 13.7. The Balaban J connectivity index is 1.72. The Morgan fingerprint density at radius 1 is 1.08 bits per heavy atom. The molecule has 136 valence electrons. The Hall–Kier alpha value is -1.22. The third kappa shape index (κ3) is 4.66. The molecule has 0 bridgehead atoms. The number of hydrogen-bond donors (Lipinski definition) is 5. The number of aromatic hydroxyl groups is 1. The number of aryl methyl sites for hydroxylation is 2. The molecule has 0 aliphatic carbocycles. The zero-order valence-corrected chi connectivity index (χ0v) is 13.7. The van der Waals surface area contributed by atoms with Crippen LogP contribution in [0.15, 0.2) is 18.2 Å². The first-order valence-corrected chi connectivity index (χ1v) is 8.14. The molecular weight excluding hydrogens is 316 g/mol. The first kappa shape index (κ1) is 19.1. The molecule has 7 heteroatoms. The summed E-state index contributed by atoms with van der Waals surface area (Å²) in [6.07, 6.45) is -3.77. The number of phenols is 1. The average Bonchev–Trinajstić information content (AvgIpc) is 2.57. The van der Waals surface area contributed by atoms with E-state index in [1.54, 1.807) is 6.07 Å². The summed E-state index contributed by atoms with van der Waals surface area (Å²) >= 11 is 0. The SMILES string of the molecule is Cc1cc(CCCCOC2OC(CO)C(O)C(O)C2O)ccc1O. The summed E-state index contributed by atoms with van der Waals surface area (Å²) in [5, 5.41) is 47.8. The van der Waals surface area contributed by atoms with E-state index in [2.05, 4.69) is 0 Å². The third-order valence-corrected chi connectivity index (χ3v) is 4.25. The van der Waals surface area contributed by atoms with Crippen LogP contribution in [-0.4, -0.2) is 69.5 Å². The quantitative estimate of drug-likeness (QED) is 0.437. The van der Waals surface area contributed by atoms with Gasteiger partial charge in [-0.3, -0.25) is 0 Å². The van der Waals surface area contributed by atoms with Crippen molar-refractivity contribution >= 4 is 0 Å². The molecule has 7 nitrogen and oxygen atoms in total. The molecule has 5 atom stereocenters. The van der Waals surface area contributed by atoms with Crippen LogP contribution >= 0.6 is 0 Å². The van der Waals surface area contributed by atoms with Gasteiger partial charge in [0.15, 0.2) is 6.29 Å². The monoisotopic (exact) mass is 342 g/mol. The number of ether oxygens (including phenoxy) is 2.